The van der Waals surface area contributed by atoms with Gasteiger partial charge in [-0.05, 0) is 70.6 Å². The monoisotopic (exact) mass is 809 g/mol. The Bertz CT molecular complexity index is 1030. The van der Waals surface area contributed by atoms with Crippen LogP contribution in [-0.4, -0.2) is 89.0 Å². The highest BCUT2D eigenvalue weighted by atomic mass is 16.7. The molecule has 10 nitrogen and oxygen atoms in total. The number of aliphatic hydroxyl groups excluding tert-OH is 4. The number of unbranched alkanes of at least 4 members (excludes halogenated alkanes) is 21. The van der Waals surface area contributed by atoms with Crippen molar-refractivity contribution in [1.82, 2.24) is 0 Å². The lowest BCUT2D eigenvalue weighted by molar-refractivity contribution is -0.305. The van der Waals surface area contributed by atoms with E-state index >= 15 is 0 Å². The Hall–Kier alpha value is -2.08. The molecule has 0 spiro atoms. The van der Waals surface area contributed by atoms with Gasteiger partial charge in [0, 0.05) is 12.8 Å². The minimum absolute atomic E-state index is 0.218. The minimum atomic E-state index is -1.60. The molecule has 0 amide bonds. The number of carbonyl (C=O) groups is 2. The summed E-state index contributed by atoms with van der Waals surface area (Å²) in [4.78, 5) is 25.3. The summed E-state index contributed by atoms with van der Waals surface area (Å²) in [5.41, 5.74) is 0. The fourth-order valence-electron chi connectivity index (χ4n) is 6.80. The zero-order chi connectivity index (χ0) is 41.6. The molecular weight excluding hydrogens is 725 g/mol. The van der Waals surface area contributed by atoms with Gasteiger partial charge in [0.25, 0.3) is 0 Å². The first-order valence-corrected chi connectivity index (χ1v) is 23.1. The summed E-state index contributed by atoms with van der Waals surface area (Å²) in [6.07, 6.45) is 35.7. The van der Waals surface area contributed by atoms with Crippen LogP contribution in [0.5, 0.6) is 0 Å². The molecule has 1 aliphatic rings. The molecule has 0 aliphatic carbocycles. The molecule has 0 aromatic carbocycles. The maximum Gasteiger partial charge on any atom is 0.306 e. The van der Waals surface area contributed by atoms with E-state index in [1.54, 1.807) is 0 Å². The number of carbonyl (C=O) groups excluding carboxylic acids is 2. The third kappa shape index (κ3) is 29.7. The van der Waals surface area contributed by atoms with Crippen LogP contribution in [0.25, 0.3) is 0 Å². The molecule has 1 fully saturated rings. The van der Waals surface area contributed by atoms with Crippen LogP contribution in [0, 0.1) is 0 Å². The normalized spacial score (nSPS) is 20.6. The van der Waals surface area contributed by atoms with E-state index in [9.17, 15) is 30.0 Å². The molecule has 1 rings (SSSR count). The highest BCUT2D eigenvalue weighted by Crippen LogP contribution is 2.22. The van der Waals surface area contributed by atoms with Crippen LogP contribution in [0.1, 0.15) is 194 Å². The maximum atomic E-state index is 12.8. The molecule has 1 heterocycles. The zero-order valence-corrected chi connectivity index (χ0v) is 36.1. The Morgan fingerprint density at radius 3 is 1.51 bits per heavy atom. The summed E-state index contributed by atoms with van der Waals surface area (Å²) >= 11 is 0. The van der Waals surface area contributed by atoms with Crippen molar-refractivity contribution in [2.45, 2.75) is 230 Å². The van der Waals surface area contributed by atoms with Crippen LogP contribution in [0.2, 0.25) is 0 Å². The molecule has 6 atom stereocenters. The number of esters is 2. The molecule has 1 saturated heterocycles. The molecule has 10 heteroatoms. The van der Waals surface area contributed by atoms with Gasteiger partial charge in [0.05, 0.1) is 13.2 Å². The first-order valence-electron chi connectivity index (χ1n) is 23.1. The van der Waals surface area contributed by atoms with Gasteiger partial charge >= 0.3 is 11.9 Å². The molecular formula is C47H84O10. The first-order chi connectivity index (χ1) is 27.8. The third-order valence-corrected chi connectivity index (χ3v) is 10.5. The number of hydrogen-bond donors (Lipinski definition) is 4. The number of ether oxygens (including phenoxy) is 4. The second-order valence-corrected chi connectivity index (χ2v) is 15.8. The Kier molecular flexibility index (Phi) is 35.4. The van der Waals surface area contributed by atoms with Gasteiger partial charge in [-0.2, -0.15) is 0 Å². The van der Waals surface area contributed by atoms with Crippen molar-refractivity contribution < 1.29 is 49.0 Å². The van der Waals surface area contributed by atoms with Crippen LogP contribution in [0.15, 0.2) is 36.5 Å². The lowest BCUT2D eigenvalue weighted by Crippen LogP contribution is -2.59. The Morgan fingerprint density at radius 2 is 0.982 bits per heavy atom. The summed E-state index contributed by atoms with van der Waals surface area (Å²) in [5.74, 6) is -0.823. The second kappa shape index (κ2) is 38.1. The van der Waals surface area contributed by atoms with E-state index in [0.29, 0.717) is 6.42 Å². The first kappa shape index (κ1) is 52.9. The minimum Gasteiger partial charge on any atom is -0.462 e. The van der Waals surface area contributed by atoms with Gasteiger partial charge in [-0.3, -0.25) is 9.59 Å². The molecule has 0 aromatic heterocycles. The highest BCUT2D eigenvalue weighted by Gasteiger charge is 2.44. The van der Waals surface area contributed by atoms with Gasteiger partial charge in [-0.25, -0.2) is 0 Å². The van der Waals surface area contributed by atoms with Crippen molar-refractivity contribution in [3.8, 4) is 0 Å². The molecule has 4 N–H and O–H groups in total. The Labute approximate surface area is 346 Å². The van der Waals surface area contributed by atoms with E-state index in [4.69, 9.17) is 18.9 Å². The van der Waals surface area contributed by atoms with Gasteiger partial charge in [0.1, 0.15) is 31.0 Å². The smallest absolute Gasteiger partial charge is 0.306 e. The molecule has 0 radical (unpaired) electrons. The molecule has 0 aromatic rings. The average molecular weight is 809 g/mol. The topological polar surface area (TPSA) is 152 Å². The van der Waals surface area contributed by atoms with E-state index < -0.39 is 49.4 Å². The van der Waals surface area contributed by atoms with Gasteiger partial charge < -0.3 is 39.4 Å². The predicted molar refractivity (Wildman–Crippen MR) is 229 cm³/mol. The Balaban J connectivity index is 2.33. The summed E-state index contributed by atoms with van der Waals surface area (Å²) in [5, 5.41) is 40.1. The van der Waals surface area contributed by atoms with Gasteiger partial charge in [0.2, 0.25) is 0 Å². The van der Waals surface area contributed by atoms with E-state index in [1.165, 1.54) is 89.9 Å². The molecule has 2 unspecified atom stereocenters. The number of allylic oxidation sites excluding steroid dienone is 6. The highest BCUT2D eigenvalue weighted by molar-refractivity contribution is 5.70. The molecule has 332 valence electrons. The quantitative estimate of drug-likeness (QED) is 0.0270. The standard InChI is InChI=1S/C47H84O10/c1-3-5-7-9-11-13-15-17-19-20-22-23-25-27-29-31-33-35-42(49)54-38-40(39-55-47-46(53)45(52)44(51)41(37-48)57-47)56-43(50)36-34-32-30-28-26-24-21-18-16-14-12-10-8-6-4-2/h11,13,17-19,21,40-41,44-48,51-53H,3-10,12,14-16,20,22-39H2,1-2H3/b13-11+,19-17+,21-18+/t40-,41-,44+,45?,46?,47-/m0/s1. The van der Waals surface area contributed by atoms with E-state index in [0.717, 1.165) is 70.6 Å². The van der Waals surface area contributed by atoms with Crippen LogP contribution < -0.4 is 0 Å². The Morgan fingerprint density at radius 1 is 0.544 bits per heavy atom. The van der Waals surface area contributed by atoms with Crippen molar-refractivity contribution in [2.24, 2.45) is 0 Å². The lowest BCUT2D eigenvalue weighted by atomic mass is 9.99. The van der Waals surface area contributed by atoms with Crippen molar-refractivity contribution in [3.05, 3.63) is 36.5 Å². The summed E-state index contributed by atoms with van der Waals surface area (Å²) in [6, 6.07) is 0. The molecule has 0 bridgehead atoms. The zero-order valence-electron chi connectivity index (χ0n) is 36.1. The number of rotatable bonds is 38. The van der Waals surface area contributed by atoms with Crippen molar-refractivity contribution >= 4 is 11.9 Å². The molecule has 0 saturated carbocycles. The number of aliphatic hydroxyl groups is 4. The van der Waals surface area contributed by atoms with Crippen LogP contribution >= 0.6 is 0 Å². The summed E-state index contributed by atoms with van der Waals surface area (Å²) in [7, 11) is 0. The van der Waals surface area contributed by atoms with E-state index in [1.807, 2.05) is 0 Å². The lowest BCUT2D eigenvalue weighted by Gasteiger charge is -2.39. The third-order valence-electron chi connectivity index (χ3n) is 10.5. The largest absolute Gasteiger partial charge is 0.462 e. The second-order valence-electron chi connectivity index (χ2n) is 15.8. The van der Waals surface area contributed by atoms with E-state index in [-0.39, 0.29) is 32.0 Å². The summed E-state index contributed by atoms with van der Waals surface area (Å²) < 4.78 is 22.2. The van der Waals surface area contributed by atoms with Gasteiger partial charge in [-0.1, -0.05) is 147 Å². The predicted octanol–water partition coefficient (Wildman–Crippen LogP) is 9.89. The fourth-order valence-corrected chi connectivity index (χ4v) is 6.80. The van der Waals surface area contributed by atoms with Gasteiger partial charge in [-0.15, -0.1) is 0 Å². The van der Waals surface area contributed by atoms with Crippen molar-refractivity contribution in [2.75, 3.05) is 19.8 Å². The van der Waals surface area contributed by atoms with Crippen molar-refractivity contribution in [1.29, 1.82) is 0 Å². The number of hydrogen-bond acceptors (Lipinski definition) is 10. The van der Waals surface area contributed by atoms with Crippen LogP contribution in [0.3, 0.4) is 0 Å². The average Bonchev–Trinajstić information content (AvgIpc) is 3.21. The van der Waals surface area contributed by atoms with Gasteiger partial charge in [0.15, 0.2) is 12.4 Å². The van der Waals surface area contributed by atoms with E-state index in [2.05, 4.69) is 50.3 Å². The van der Waals surface area contributed by atoms with Crippen LogP contribution in [0.4, 0.5) is 0 Å². The summed E-state index contributed by atoms with van der Waals surface area (Å²) in [6.45, 7) is 3.38. The fraction of sp³-hybridized carbons (Fsp3) is 0.830. The van der Waals surface area contributed by atoms with Crippen molar-refractivity contribution in [3.63, 3.8) is 0 Å². The molecule has 1 aliphatic heterocycles. The SMILES string of the molecule is CCCCC/C=C/C/C=C/CCCCCCCCCC(=O)OC[C@@H](CO[C@H]1O[C@@H](CO)[C@@H](O)C(O)C1O)OC(=O)CCCCCCC/C=C/CCCCCCCC. The van der Waals surface area contributed by atoms with Crippen LogP contribution in [-0.2, 0) is 28.5 Å². The molecule has 57 heavy (non-hydrogen) atoms. The maximum absolute atomic E-state index is 12.8.